The maximum absolute atomic E-state index is 9.55. The molecule has 4 nitrogen and oxygen atoms in total. The Morgan fingerprint density at radius 1 is 1.27 bits per heavy atom. The summed E-state index contributed by atoms with van der Waals surface area (Å²) in [6, 6.07) is 5.35. The third kappa shape index (κ3) is 2.76. The molecular formula is C11H19N3O. The van der Waals surface area contributed by atoms with Crippen LogP contribution in [0.3, 0.4) is 0 Å². The van der Waals surface area contributed by atoms with E-state index in [-0.39, 0.29) is 0 Å². The Morgan fingerprint density at radius 3 is 2.33 bits per heavy atom. The lowest BCUT2D eigenvalue weighted by molar-refractivity contribution is 0.133. The Morgan fingerprint density at radius 2 is 1.87 bits per heavy atom. The summed E-state index contributed by atoms with van der Waals surface area (Å²) in [5.74, 6) is 0. The van der Waals surface area contributed by atoms with Crippen LogP contribution >= 0.6 is 0 Å². The average molecular weight is 209 g/mol. The van der Waals surface area contributed by atoms with Crippen molar-refractivity contribution in [3.05, 3.63) is 18.2 Å². The van der Waals surface area contributed by atoms with E-state index in [1.807, 2.05) is 19.9 Å². The van der Waals surface area contributed by atoms with Gasteiger partial charge in [-0.15, -0.1) is 0 Å². The van der Waals surface area contributed by atoms with Crippen LogP contribution < -0.4 is 16.8 Å². The summed E-state index contributed by atoms with van der Waals surface area (Å²) in [5.41, 5.74) is 12.9. The standard InChI is InChI=1S/C11H19N3O/c1-7(15)11(2,3)14-8-4-5-9(12)10(13)6-8/h4-7,14-15H,12-13H2,1-3H3. The van der Waals surface area contributed by atoms with E-state index in [0.29, 0.717) is 11.4 Å². The third-order valence-electron chi connectivity index (χ3n) is 2.60. The molecule has 4 heteroatoms. The normalized spacial score (nSPS) is 13.6. The van der Waals surface area contributed by atoms with E-state index in [9.17, 15) is 5.11 Å². The van der Waals surface area contributed by atoms with Crippen molar-refractivity contribution < 1.29 is 5.11 Å². The maximum atomic E-state index is 9.55. The van der Waals surface area contributed by atoms with Crippen molar-refractivity contribution in [3.8, 4) is 0 Å². The SMILES string of the molecule is CC(O)C(C)(C)Nc1ccc(N)c(N)c1. The van der Waals surface area contributed by atoms with Gasteiger partial charge < -0.3 is 21.9 Å². The Bertz CT molecular complexity index is 348. The number of aliphatic hydroxyl groups excluding tert-OH is 1. The fourth-order valence-corrected chi connectivity index (χ4v) is 1.13. The number of rotatable bonds is 3. The van der Waals surface area contributed by atoms with Crippen LogP contribution in [0.25, 0.3) is 0 Å². The lowest BCUT2D eigenvalue weighted by atomic mass is 9.98. The number of benzene rings is 1. The van der Waals surface area contributed by atoms with Crippen LogP contribution in [-0.4, -0.2) is 16.7 Å². The molecule has 0 amide bonds. The van der Waals surface area contributed by atoms with Crippen molar-refractivity contribution >= 4 is 17.1 Å². The maximum Gasteiger partial charge on any atom is 0.0736 e. The fraction of sp³-hybridized carbons (Fsp3) is 0.455. The number of nitrogens with one attached hydrogen (secondary N) is 1. The van der Waals surface area contributed by atoms with Gasteiger partial charge in [0.25, 0.3) is 0 Å². The van der Waals surface area contributed by atoms with Gasteiger partial charge in [0.1, 0.15) is 0 Å². The summed E-state index contributed by atoms with van der Waals surface area (Å²) in [6.45, 7) is 5.59. The molecule has 0 spiro atoms. The van der Waals surface area contributed by atoms with E-state index in [1.54, 1.807) is 19.1 Å². The third-order valence-corrected chi connectivity index (χ3v) is 2.60. The van der Waals surface area contributed by atoms with Gasteiger partial charge in [-0.3, -0.25) is 0 Å². The summed E-state index contributed by atoms with van der Waals surface area (Å²) in [5, 5.41) is 12.7. The van der Waals surface area contributed by atoms with Crippen molar-refractivity contribution in [2.75, 3.05) is 16.8 Å². The zero-order chi connectivity index (χ0) is 11.6. The van der Waals surface area contributed by atoms with Crippen LogP contribution in [-0.2, 0) is 0 Å². The van der Waals surface area contributed by atoms with E-state index in [2.05, 4.69) is 5.32 Å². The minimum Gasteiger partial charge on any atom is -0.397 e. The van der Waals surface area contributed by atoms with Crippen molar-refractivity contribution in [1.29, 1.82) is 0 Å². The summed E-state index contributed by atoms with van der Waals surface area (Å²) in [6.07, 6.45) is -0.462. The minimum absolute atomic E-state index is 0.400. The van der Waals surface area contributed by atoms with Gasteiger partial charge in [-0.1, -0.05) is 0 Å². The second-order valence-electron chi connectivity index (χ2n) is 4.37. The largest absolute Gasteiger partial charge is 0.397 e. The minimum atomic E-state index is -0.462. The van der Waals surface area contributed by atoms with Crippen molar-refractivity contribution in [3.63, 3.8) is 0 Å². The molecule has 0 aromatic heterocycles. The fourth-order valence-electron chi connectivity index (χ4n) is 1.13. The summed E-state index contributed by atoms with van der Waals surface area (Å²) in [7, 11) is 0. The van der Waals surface area contributed by atoms with Crippen LogP contribution in [0.2, 0.25) is 0 Å². The Kier molecular flexibility index (Phi) is 3.09. The molecule has 84 valence electrons. The molecule has 0 saturated heterocycles. The van der Waals surface area contributed by atoms with E-state index < -0.39 is 11.6 Å². The molecule has 0 aliphatic carbocycles. The first-order valence-corrected chi connectivity index (χ1v) is 4.94. The summed E-state index contributed by atoms with van der Waals surface area (Å²) >= 11 is 0. The molecule has 0 aliphatic heterocycles. The van der Waals surface area contributed by atoms with E-state index in [4.69, 9.17) is 11.5 Å². The molecule has 1 aromatic rings. The molecule has 0 bridgehead atoms. The van der Waals surface area contributed by atoms with Gasteiger partial charge in [0, 0.05) is 5.69 Å². The molecule has 15 heavy (non-hydrogen) atoms. The average Bonchev–Trinajstić information content (AvgIpc) is 2.10. The second kappa shape index (κ2) is 3.98. The van der Waals surface area contributed by atoms with E-state index in [1.165, 1.54) is 0 Å². The Balaban J connectivity index is 2.86. The van der Waals surface area contributed by atoms with Gasteiger partial charge in [0.15, 0.2) is 0 Å². The van der Waals surface area contributed by atoms with E-state index >= 15 is 0 Å². The van der Waals surface area contributed by atoms with Crippen LogP contribution in [0.15, 0.2) is 18.2 Å². The van der Waals surface area contributed by atoms with Gasteiger partial charge in [-0.05, 0) is 39.0 Å². The van der Waals surface area contributed by atoms with Gasteiger partial charge in [0.2, 0.25) is 0 Å². The van der Waals surface area contributed by atoms with Gasteiger partial charge >= 0.3 is 0 Å². The molecule has 0 aliphatic rings. The van der Waals surface area contributed by atoms with Crippen molar-refractivity contribution in [1.82, 2.24) is 0 Å². The second-order valence-corrected chi connectivity index (χ2v) is 4.37. The van der Waals surface area contributed by atoms with Crippen LogP contribution in [0.5, 0.6) is 0 Å². The number of anilines is 3. The monoisotopic (exact) mass is 209 g/mol. The molecule has 0 radical (unpaired) electrons. The topological polar surface area (TPSA) is 84.3 Å². The molecule has 1 rings (SSSR count). The van der Waals surface area contributed by atoms with Gasteiger partial charge in [0.05, 0.1) is 23.0 Å². The number of nitrogens with two attached hydrogens (primary N) is 2. The smallest absolute Gasteiger partial charge is 0.0736 e. The molecule has 1 aromatic carbocycles. The van der Waals surface area contributed by atoms with Crippen molar-refractivity contribution in [2.24, 2.45) is 0 Å². The number of hydrogen-bond acceptors (Lipinski definition) is 4. The van der Waals surface area contributed by atoms with E-state index in [0.717, 1.165) is 5.69 Å². The number of nitrogen functional groups attached to an aromatic ring is 2. The molecule has 0 fully saturated rings. The summed E-state index contributed by atoms with van der Waals surface area (Å²) < 4.78 is 0. The zero-order valence-electron chi connectivity index (χ0n) is 9.41. The first-order valence-electron chi connectivity index (χ1n) is 4.94. The highest BCUT2D eigenvalue weighted by Gasteiger charge is 2.23. The first-order chi connectivity index (χ1) is 6.83. The molecule has 6 N–H and O–H groups in total. The zero-order valence-corrected chi connectivity index (χ0v) is 9.41. The molecular weight excluding hydrogens is 190 g/mol. The Hall–Kier alpha value is -1.42. The lowest BCUT2D eigenvalue weighted by Crippen LogP contribution is -2.41. The van der Waals surface area contributed by atoms with Crippen molar-refractivity contribution in [2.45, 2.75) is 32.4 Å². The highest BCUT2D eigenvalue weighted by molar-refractivity contribution is 5.69. The Labute approximate surface area is 90.3 Å². The molecule has 0 heterocycles. The van der Waals surface area contributed by atoms with Gasteiger partial charge in [-0.2, -0.15) is 0 Å². The molecule has 1 unspecified atom stereocenters. The number of aliphatic hydroxyl groups is 1. The first kappa shape index (κ1) is 11.7. The van der Waals surface area contributed by atoms with Crippen LogP contribution in [0.1, 0.15) is 20.8 Å². The molecule has 1 atom stereocenters. The quantitative estimate of drug-likeness (QED) is 0.567. The highest BCUT2D eigenvalue weighted by atomic mass is 16.3. The van der Waals surface area contributed by atoms with Crippen LogP contribution in [0.4, 0.5) is 17.1 Å². The van der Waals surface area contributed by atoms with Gasteiger partial charge in [-0.25, -0.2) is 0 Å². The molecule has 0 saturated carbocycles. The predicted octanol–water partition coefficient (Wildman–Crippen LogP) is 1.42. The highest BCUT2D eigenvalue weighted by Crippen LogP contribution is 2.23. The summed E-state index contributed by atoms with van der Waals surface area (Å²) in [4.78, 5) is 0. The lowest BCUT2D eigenvalue weighted by Gasteiger charge is -2.30. The predicted molar refractivity (Wildman–Crippen MR) is 64.6 cm³/mol. The van der Waals surface area contributed by atoms with Crippen LogP contribution in [0, 0.1) is 0 Å². The number of hydrogen-bond donors (Lipinski definition) is 4.